The zero-order valence-corrected chi connectivity index (χ0v) is 13.5. The third kappa shape index (κ3) is 3.76. The van der Waals surface area contributed by atoms with E-state index in [1.165, 1.54) is 16.7 Å². The Kier molecular flexibility index (Phi) is 5.09. The Bertz CT molecular complexity index is 608. The fourth-order valence-electron chi connectivity index (χ4n) is 2.22. The summed E-state index contributed by atoms with van der Waals surface area (Å²) in [6.07, 6.45) is 0. The molecule has 0 saturated heterocycles. The van der Waals surface area contributed by atoms with E-state index in [1.54, 1.807) is 6.07 Å². The van der Waals surface area contributed by atoms with Crippen molar-refractivity contribution < 1.29 is 0 Å². The predicted octanol–water partition coefficient (Wildman–Crippen LogP) is 5.46. The summed E-state index contributed by atoms with van der Waals surface area (Å²) in [6, 6.07) is 12.3. The first-order chi connectivity index (χ1) is 9.47. The Labute approximate surface area is 130 Å². The Hall–Kier alpha value is -1.02. The second kappa shape index (κ2) is 6.62. The fourth-order valence-corrected chi connectivity index (χ4v) is 2.79. The molecule has 2 rings (SSSR count). The second-order valence-electron chi connectivity index (χ2n) is 5.20. The molecule has 0 aliphatic carbocycles. The standard InChI is InChI=1S/C17H19Cl2N/c1-11-4-5-12(2)14(8-11)10-20-13(3)16-7-6-15(18)9-17(16)19/h4-9,13,20H,10H2,1-3H3. The average molecular weight is 308 g/mol. The molecule has 0 fully saturated rings. The number of hydrogen-bond acceptors (Lipinski definition) is 1. The molecular weight excluding hydrogens is 289 g/mol. The van der Waals surface area contributed by atoms with Gasteiger partial charge in [0.1, 0.15) is 0 Å². The van der Waals surface area contributed by atoms with Gasteiger partial charge in [-0.15, -0.1) is 0 Å². The third-order valence-electron chi connectivity index (χ3n) is 3.53. The summed E-state index contributed by atoms with van der Waals surface area (Å²) in [4.78, 5) is 0. The molecule has 1 nitrogen and oxygen atoms in total. The van der Waals surface area contributed by atoms with Crippen LogP contribution in [-0.4, -0.2) is 0 Å². The Morgan fingerprint density at radius 2 is 1.80 bits per heavy atom. The van der Waals surface area contributed by atoms with E-state index in [0.29, 0.717) is 10.0 Å². The van der Waals surface area contributed by atoms with Crippen molar-refractivity contribution in [1.82, 2.24) is 5.32 Å². The number of hydrogen-bond donors (Lipinski definition) is 1. The van der Waals surface area contributed by atoms with E-state index < -0.39 is 0 Å². The maximum Gasteiger partial charge on any atom is 0.0468 e. The van der Waals surface area contributed by atoms with Gasteiger partial charge in [0.15, 0.2) is 0 Å². The highest BCUT2D eigenvalue weighted by Crippen LogP contribution is 2.26. The van der Waals surface area contributed by atoms with Crippen molar-refractivity contribution >= 4 is 23.2 Å². The lowest BCUT2D eigenvalue weighted by Crippen LogP contribution is -2.19. The number of halogens is 2. The summed E-state index contributed by atoms with van der Waals surface area (Å²) in [6.45, 7) is 7.19. The molecule has 1 atom stereocenters. The summed E-state index contributed by atoms with van der Waals surface area (Å²) in [5, 5.41) is 4.89. The van der Waals surface area contributed by atoms with Crippen molar-refractivity contribution in [3.8, 4) is 0 Å². The van der Waals surface area contributed by atoms with E-state index >= 15 is 0 Å². The highest BCUT2D eigenvalue weighted by molar-refractivity contribution is 6.35. The first-order valence-corrected chi connectivity index (χ1v) is 7.47. The zero-order chi connectivity index (χ0) is 14.7. The van der Waals surface area contributed by atoms with Crippen molar-refractivity contribution in [1.29, 1.82) is 0 Å². The monoisotopic (exact) mass is 307 g/mol. The molecule has 2 aromatic carbocycles. The van der Waals surface area contributed by atoms with Crippen LogP contribution in [-0.2, 0) is 6.54 Å². The maximum atomic E-state index is 6.24. The highest BCUT2D eigenvalue weighted by atomic mass is 35.5. The third-order valence-corrected chi connectivity index (χ3v) is 4.09. The van der Waals surface area contributed by atoms with Crippen molar-refractivity contribution in [2.45, 2.75) is 33.4 Å². The first-order valence-electron chi connectivity index (χ1n) is 6.72. The van der Waals surface area contributed by atoms with Crippen LogP contribution < -0.4 is 5.32 Å². The number of nitrogens with one attached hydrogen (secondary N) is 1. The number of benzene rings is 2. The van der Waals surface area contributed by atoms with Crippen molar-refractivity contribution in [2.24, 2.45) is 0 Å². The Morgan fingerprint density at radius 1 is 1.05 bits per heavy atom. The molecule has 1 unspecified atom stereocenters. The van der Waals surface area contributed by atoms with Gasteiger partial charge in [-0.05, 0) is 49.6 Å². The first kappa shape index (κ1) is 15.4. The van der Waals surface area contributed by atoms with Crippen LogP contribution in [0.4, 0.5) is 0 Å². The van der Waals surface area contributed by atoms with Crippen LogP contribution in [0.15, 0.2) is 36.4 Å². The van der Waals surface area contributed by atoms with Gasteiger partial charge in [0, 0.05) is 22.6 Å². The van der Waals surface area contributed by atoms with Crippen molar-refractivity contribution in [3.05, 3.63) is 68.7 Å². The molecule has 0 aliphatic heterocycles. The molecule has 0 aromatic heterocycles. The molecule has 0 heterocycles. The average Bonchev–Trinajstić information content (AvgIpc) is 2.39. The molecule has 106 valence electrons. The molecule has 0 radical (unpaired) electrons. The Balaban J connectivity index is 2.08. The minimum atomic E-state index is 0.180. The zero-order valence-electron chi connectivity index (χ0n) is 12.0. The molecule has 20 heavy (non-hydrogen) atoms. The van der Waals surface area contributed by atoms with Gasteiger partial charge in [-0.3, -0.25) is 0 Å². The van der Waals surface area contributed by atoms with Gasteiger partial charge < -0.3 is 5.32 Å². The maximum absolute atomic E-state index is 6.24. The number of aryl methyl sites for hydroxylation is 2. The lowest BCUT2D eigenvalue weighted by atomic mass is 10.0. The summed E-state index contributed by atoms with van der Waals surface area (Å²) >= 11 is 12.2. The Morgan fingerprint density at radius 3 is 2.50 bits per heavy atom. The molecule has 0 bridgehead atoms. The summed E-state index contributed by atoms with van der Waals surface area (Å²) in [5.74, 6) is 0. The van der Waals surface area contributed by atoms with Crippen LogP contribution in [0.1, 0.15) is 35.2 Å². The SMILES string of the molecule is Cc1ccc(C)c(CNC(C)c2ccc(Cl)cc2Cl)c1. The van der Waals surface area contributed by atoms with Gasteiger partial charge in [-0.25, -0.2) is 0 Å². The quantitative estimate of drug-likeness (QED) is 0.790. The molecule has 3 heteroatoms. The molecule has 0 aliphatic rings. The molecular formula is C17H19Cl2N. The number of rotatable bonds is 4. The lowest BCUT2D eigenvalue weighted by Gasteiger charge is -2.17. The van der Waals surface area contributed by atoms with E-state index in [1.807, 2.05) is 12.1 Å². The minimum Gasteiger partial charge on any atom is -0.306 e. The fraction of sp³-hybridized carbons (Fsp3) is 0.294. The van der Waals surface area contributed by atoms with Crippen LogP contribution in [0.2, 0.25) is 10.0 Å². The van der Waals surface area contributed by atoms with Crippen LogP contribution in [0.25, 0.3) is 0 Å². The molecule has 0 spiro atoms. The normalized spacial score (nSPS) is 12.4. The van der Waals surface area contributed by atoms with Gasteiger partial charge in [0.2, 0.25) is 0 Å². The topological polar surface area (TPSA) is 12.0 Å². The van der Waals surface area contributed by atoms with Gasteiger partial charge >= 0.3 is 0 Å². The van der Waals surface area contributed by atoms with Crippen LogP contribution in [0.5, 0.6) is 0 Å². The summed E-state index contributed by atoms with van der Waals surface area (Å²) < 4.78 is 0. The van der Waals surface area contributed by atoms with Gasteiger partial charge in [0.25, 0.3) is 0 Å². The lowest BCUT2D eigenvalue weighted by molar-refractivity contribution is 0.573. The smallest absolute Gasteiger partial charge is 0.0468 e. The van der Waals surface area contributed by atoms with E-state index in [0.717, 1.165) is 12.1 Å². The molecule has 2 aromatic rings. The van der Waals surface area contributed by atoms with Crippen LogP contribution >= 0.6 is 23.2 Å². The van der Waals surface area contributed by atoms with Crippen molar-refractivity contribution in [2.75, 3.05) is 0 Å². The highest BCUT2D eigenvalue weighted by Gasteiger charge is 2.10. The van der Waals surface area contributed by atoms with Crippen LogP contribution in [0.3, 0.4) is 0 Å². The largest absolute Gasteiger partial charge is 0.306 e. The van der Waals surface area contributed by atoms with E-state index in [2.05, 4.69) is 44.3 Å². The minimum absolute atomic E-state index is 0.180. The predicted molar refractivity (Wildman–Crippen MR) is 87.6 cm³/mol. The second-order valence-corrected chi connectivity index (χ2v) is 6.04. The van der Waals surface area contributed by atoms with Gasteiger partial charge in [-0.1, -0.05) is 53.0 Å². The van der Waals surface area contributed by atoms with Gasteiger partial charge in [0.05, 0.1) is 0 Å². The summed E-state index contributed by atoms with van der Waals surface area (Å²) in [5.41, 5.74) is 4.98. The summed E-state index contributed by atoms with van der Waals surface area (Å²) in [7, 11) is 0. The van der Waals surface area contributed by atoms with E-state index in [4.69, 9.17) is 23.2 Å². The molecule has 0 amide bonds. The van der Waals surface area contributed by atoms with E-state index in [-0.39, 0.29) is 6.04 Å². The van der Waals surface area contributed by atoms with Crippen LogP contribution in [0, 0.1) is 13.8 Å². The van der Waals surface area contributed by atoms with E-state index in [9.17, 15) is 0 Å². The van der Waals surface area contributed by atoms with Gasteiger partial charge in [-0.2, -0.15) is 0 Å². The molecule has 1 N–H and O–H groups in total. The molecule has 0 saturated carbocycles. The van der Waals surface area contributed by atoms with Crippen molar-refractivity contribution in [3.63, 3.8) is 0 Å².